The van der Waals surface area contributed by atoms with E-state index in [9.17, 15) is 25.0 Å². The van der Waals surface area contributed by atoms with Crippen molar-refractivity contribution in [1.82, 2.24) is 0 Å². The number of aliphatic hydroxyl groups excluding tert-OH is 4. The summed E-state index contributed by atoms with van der Waals surface area (Å²) in [5.41, 5.74) is 0. The quantitative estimate of drug-likeness (QED) is 0.243. The van der Waals surface area contributed by atoms with Crippen LogP contribution in [0.1, 0.15) is 19.8 Å². The molecule has 120 valence electrons. The Hall–Kier alpha value is -0.0900. The first kappa shape index (κ1) is 18.0. The average Bonchev–Trinajstić information content (AvgIpc) is 2.36. The van der Waals surface area contributed by atoms with E-state index in [0.29, 0.717) is 6.42 Å². The number of aliphatic hydroxyl groups is 4. The fourth-order valence-corrected chi connectivity index (χ4v) is 2.58. The molecule has 0 aromatic heterocycles. The highest BCUT2D eigenvalue weighted by Crippen LogP contribution is 2.42. The Kier molecular flexibility index (Phi) is 6.52. The number of hydrogen-bond acceptors (Lipinski definition) is 7. The SMILES string of the molecule is CCCCO[C@@H]1[C@H](O)[C@@H](O)[C@H](O)[C@@H](O)[C@@H]1OP(=O)(O)O. The Morgan fingerprint density at radius 2 is 1.45 bits per heavy atom. The highest BCUT2D eigenvalue weighted by molar-refractivity contribution is 7.46. The van der Waals surface area contributed by atoms with Crippen LogP contribution in [0.5, 0.6) is 0 Å². The van der Waals surface area contributed by atoms with E-state index in [1.54, 1.807) is 0 Å². The van der Waals surface area contributed by atoms with Crippen molar-refractivity contribution in [2.75, 3.05) is 6.61 Å². The van der Waals surface area contributed by atoms with Gasteiger partial charge in [0.15, 0.2) is 0 Å². The van der Waals surface area contributed by atoms with Crippen LogP contribution in [0, 0.1) is 0 Å². The zero-order valence-electron chi connectivity index (χ0n) is 10.9. The Balaban J connectivity index is 2.88. The first-order valence-corrected chi connectivity index (χ1v) is 7.80. The lowest BCUT2D eigenvalue weighted by Gasteiger charge is -2.43. The monoisotopic (exact) mass is 316 g/mol. The van der Waals surface area contributed by atoms with Gasteiger partial charge in [-0.05, 0) is 6.42 Å². The van der Waals surface area contributed by atoms with E-state index < -0.39 is 44.4 Å². The number of phosphoric ester groups is 1. The maximum absolute atomic E-state index is 10.9. The van der Waals surface area contributed by atoms with Gasteiger partial charge in [0.25, 0.3) is 0 Å². The lowest BCUT2D eigenvalue weighted by molar-refractivity contribution is -0.231. The minimum atomic E-state index is -4.96. The summed E-state index contributed by atoms with van der Waals surface area (Å²) in [4.78, 5) is 17.6. The van der Waals surface area contributed by atoms with Gasteiger partial charge in [0, 0.05) is 6.61 Å². The third kappa shape index (κ3) is 4.45. The van der Waals surface area contributed by atoms with Crippen LogP contribution >= 0.6 is 7.82 Å². The molecule has 1 fully saturated rings. The van der Waals surface area contributed by atoms with Crippen LogP contribution in [0.25, 0.3) is 0 Å². The Morgan fingerprint density at radius 3 is 1.90 bits per heavy atom. The van der Waals surface area contributed by atoms with Gasteiger partial charge in [0.1, 0.15) is 36.6 Å². The second-order valence-electron chi connectivity index (χ2n) is 4.71. The van der Waals surface area contributed by atoms with Crippen molar-refractivity contribution in [2.24, 2.45) is 0 Å². The molecule has 0 bridgehead atoms. The van der Waals surface area contributed by atoms with Gasteiger partial charge in [0.05, 0.1) is 0 Å². The highest BCUT2D eigenvalue weighted by atomic mass is 31.2. The molecule has 0 spiro atoms. The van der Waals surface area contributed by atoms with Crippen LogP contribution < -0.4 is 0 Å². The zero-order chi connectivity index (χ0) is 15.5. The number of hydrogen-bond donors (Lipinski definition) is 6. The molecule has 1 rings (SSSR count). The Morgan fingerprint density at radius 1 is 0.950 bits per heavy atom. The molecule has 0 aromatic rings. The first-order chi connectivity index (χ1) is 9.19. The minimum Gasteiger partial charge on any atom is -0.387 e. The lowest BCUT2D eigenvalue weighted by Crippen LogP contribution is -2.64. The predicted octanol–water partition coefficient (Wildman–Crippen LogP) is -1.89. The van der Waals surface area contributed by atoms with Gasteiger partial charge < -0.3 is 34.9 Å². The highest BCUT2D eigenvalue weighted by Gasteiger charge is 2.52. The summed E-state index contributed by atoms with van der Waals surface area (Å²) in [6.07, 6.45) is -8.56. The van der Waals surface area contributed by atoms with Crippen molar-refractivity contribution < 1.29 is 44.0 Å². The lowest BCUT2D eigenvalue weighted by atomic mass is 9.85. The van der Waals surface area contributed by atoms with Gasteiger partial charge >= 0.3 is 7.82 Å². The van der Waals surface area contributed by atoms with Crippen LogP contribution in [-0.4, -0.2) is 73.4 Å². The first-order valence-electron chi connectivity index (χ1n) is 6.27. The molecular weight excluding hydrogens is 295 g/mol. The molecule has 0 aromatic carbocycles. The predicted molar refractivity (Wildman–Crippen MR) is 65.6 cm³/mol. The summed E-state index contributed by atoms with van der Waals surface area (Å²) < 4.78 is 20.5. The number of phosphoric acid groups is 1. The molecule has 9 nitrogen and oxygen atoms in total. The minimum absolute atomic E-state index is 0.148. The molecule has 1 aliphatic rings. The molecule has 6 atom stereocenters. The molecule has 1 saturated carbocycles. The van der Waals surface area contributed by atoms with E-state index in [1.807, 2.05) is 6.92 Å². The van der Waals surface area contributed by atoms with E-state index in [1.165, 1.54) is 0 Å². The fraction of sp³-hybridized carbons (Fsp3) is 1.00. The van der Waals surface area contributed by atoms with Gasteiger partial charge in [-0.1, -0.05) is 13.3 Å². The number of ether oxygens (including phenoxy) is 1. The topological polar surface area (TPSA) is 157 Å². The van der Waals surface area contributed by atoms with Gasteiger partial charge in [-0.3, -0.25) is 4.52 Å². The van der Waals surface area contributed by atoms with Crippen LogP contribution in [-0.2, 0) is 13.8 Å². The zero-order valence-corrected chi connectivity index (χ0v) is 11.8. The Bertz CT molecular complexity index is 346. The maximum atomic E-state index is 10.9. The number of unbranched alkanes of at least 4 members (excludes halogenated alkanes) is 1. The smallest absolute Gasteiger partial charge is 0.387 e. The Labute approximate surface area is 116 Å². The number of rotatable bonds is 6. The molecule has 0 unspecified atom stereocenters. The van der Waals surface area contributed by atoms with Crippen molar-refractivity contribution in [1.29, 1.82) is 0 Å². The molecule has 0 saturated heterocycles. The van der Waals surface area contributed by atoms with E-state index >= 15 is 0 Å². The van der Waals surface area contributed by atoms with Crippen molar-refractivity contribution >= 4 is 7.82 Å². The molecule has 10 heteroatoms. The van der Waals surface area contributed by atoms with Gasteiger partial charge in [0.2, 0.25) is 0 Å². The van der Waals surface area contributed by atoms with Gasteiger partial charge in [-0.25, -0.2) is 4.57 Å². The van der Waals surface area contributed by atoms with Gasteiger partial charge in [-0.2, -0.15) is 0 Å². The van der Waals surface area contributed by atoms with Crippen molar-refractivity contribution in [3.05, 3.63) is 0 Å². The standard InChI is InChI=1S/C10H21O9P/c1-2-3-4-18-9-7(13)5(11)6(12)8(14)10(9)19-20(15,16)17/h5-14H,2-4H2,1H3,(H2,15,16,17)/t5-,6-,7+,8+,9+,10-/m0/s1. The summed E-state index contributed by atoms with van der Waals surface area (Å²) in [6.45, 7) is 2.03. The summed E-state index contributed by atoms with van der Waals surface area (Å²) in [7, 11) is -4.96. The van der Waals surface area contributed by atoms with Crippen LogP contribution in [0.15, 0.2) is 0 Å². The van der Waals surface area contributed by atoms with E-state index in [4.69, 9.17) is 14.5 Å². The molecule has 20 heavy (non-hydrogen) atoms. The van der Waals surface area contributed by atoms with E-state index in [2.05, 4.69) is 4.52 Å². The molecule has 1 aliphatic carbocycles. The van der Waals surface area contributed by atoms with E-state index in [-0.39, 0.29) is 6.61 Å². The van der Waals surface area contributed by atoms with E-state index in [0.717, 1.165) is 6.42 Å². The third-order valence-electron chi connectivity index (χ3n) is 3.11. The molecule has 0 aliphatic heterocycles. The third-order valence-corrected chi connectivity index (χ3v) is 3.63. The van der Waals surface area contributed by atoms with Crippen molar-refractivity contribution in [3.8, 4) is 0 Å². The van der Waals surface area contributed by atoms with Crippen molar-refractivity contribution in [3.63, 3.8) is 0 Å². The van der Waals surface area contributed by atoms with Crippen LogP contribution in [0.4, 0.5) is 0 Å². The summed E-state index contributed by atoms with van der Waals surface area (Å²) in [6, 6.07) is 0. The van der Waals surface area contributed by atoms with Crippen LogP contribution in [0.3, 0.4) is 0 Å². The van der Waals surface area contributed by atoms with Crippen LogP contribution in [0.2, 0.25) is 0 Å². The summed E-state index contributed by atoms with van der Waals surface area (Å²) in [5, 5.41) is 38.7. The maximum Gasteiger partial charge on any atom is 0.470 e. The molecule has 0 heterocycles. The second kappa shape index (κ2) is 7.26. The fourth-order valence-electron chi connectivity index (χ4n) is 2.02. The summed E-state index contributed by atoms with van der Waals surface area (Å²) >= 11 is 0. The largest absolute Gasteiger partial charge is 0.470 e. The summed E-state index contributed by atoms with van der Waals surface area (Å²) in [5.74, 6) is 0. The normalized spacial score (nSPS) is 39.0. The molecule has 0 radical (unpaired) electrons. The average molecular weight is 316 g/mol. The molecular formula is C10H21O9P. The van der Waals surface area contributed by atoms with Gasteiger partial charge in [-0.15, -0.1) is 0 Å². The van der Waals surface area contributed by atoms with Crippen molar-refractivity contribution in [2.45, 2.75) is 56.4 Å². The molecule has 6 N–H and O–H groups in total. The second-order valence-corrected chi connectivity index (χ2v) is 5.90. The molecule has 0 amide bonds.